The van der Waals surface area contributed by atoms with E-state index in [0.717, 1.165) is 16.7 Å². The lowest BCUT2D eigenvalue weighted by Gasteiger charge is -2.43. The molecule has 140 valence electrons. The second-order valence-electron chi connectivity index (χ2n) is 5.93. The summed E-state index contributed by atoms with van der Waals surface area (Å²) in [5.74, 6) is -3.22. The Balaban J connectivity index is 1.99. The number of fused-ring (bicyclic) bond motifs is 1. The number of aliphatic carboxylic acids is 1. The Morgan fingerprint density at radius 1 is 1.52 bits per heavy atom. The minimum absolute atomic E-state index is 0.0321. The van der Waals surface area contributed by atoms with Crippen LogP contribution in [0.15, 0.2) is 24.2 Å². The molecule has 3 rings (SSSR count). The quantitative estimate of drug-likeness (QED) is 0.411. The summed E-state index contributed by atoms with van der Waals surface area (Å²) in [5, 5.41) is 27.4. The molecule has 27 heavy (non-hydrogen) atoms. The minimum atomic E-state index is -1.31. The van der Waals surface area contributed by atoms with Gasteiger partial charge in [0.25, 0.3) is 0 Å². The van der Waals surface area contributed by atoms with Gasteiger partial charge in [-0.2, -0.15) is 5.26 Å². The fourth-order valence-electron chi connectivity index (χ4n) is 2.99. The summed E-state index contributed by atoms with van der Waals surface area (Å²) in [6, 6.07) is 3.25. The molecule has 0 aromatic carbocycles. The van der Waals surface area contributed by atoms with Crippen molar-refractivity contribution in [2.75, 3.05) is 6.61 Å². The van der Waals surface area contributed by atoms with Gasteiger partial charge in [-0.25, -0.2) is 9.59 Å². The van der Waals surface area contributed by atoms with Gasteiger partial charge in [0.1, 0.15) is 17.7 Å². The van der Waals surface area contributed by atoms with E-state index in [1.165, 1.54) is 25.4 Å². The van der Waals surface area contributed by atoms with E-state index in [0.29, 0.717) is 0 Å². The van der Waals surface area contributed by atoms with Gasteiger partial charge < -0.3 is 14.9 Å². The highest BCUT2D eigenvalue weighted by molar-refractivity contribution is 8.09. The Morgan fingerprint density at radius 3 is 2.89 bits per heavy atom. The molecular weight excluding hydrogens is 374 g/mol. The molecule has 1 aromatic rings. The number of β-lactam (4-membered cyclic amide) rings is 1. The Hall–Kier alpha value is -2.90. The number of esters is 1. The molecule has 0 saturated carbocycles. The number of carboxylic acid groups (broad SMARTS) is 1. The lowest BCUT2D eigenvalue weighted by molar-refractivity contribution is -0.156. The number of aliphatic hydroxyl groups is 1. The van der Waals surface area contributed by atoms with Gasteiger partial charge >= 0.3 is 11.9 Å². The molecule has 9 nitrogen and oxygen atoms in total. The number of ether oxygens (including phenoxy) is 1. The van der Waals surface area contributed by atoms with Crippen LogP contribution < -0.4 is 0 Å². The van der Waals surface area contributed by atoms with Gasteiger partial charge in [0, 0.05) is 18.0 Å². The van der Waals surface area contributed by atoms with Crippen molar-refractivity contribution in [1.82, 2.24) is 9.88 Å². The molecule has 2 aliphatic heterocycles. The molecule has 2 N–H and O–H groups in total. The molecule has 0 aliphatic carbocycles. The first-order valence-corrected chi connectivity index (χ1v) is 8.90. The predicted octanol–water partition coefficient (Wildman–Crippen LogP) is 0.817. The normalized spacial score (nSPS) is 22.0. The monoisotopic (exact) mass is 389 g/mol. The number of nitriles is 1. The maximum atomic E-state index is 12.3. The van der Waals surface area contributed by atoms with Crippen molar-refractivity contribution in [3.05, 3.63) is 35.3 Å². The smallest absolute Gasteiger partial charge is 0.353 e. The second kappa shape index (κ2) is 7.38. The number of carbonyl (C=O) groups is 3. The maximum absolute atomic E-state index is 12.3. The van der Waals surface area contributed by atoms with E-state index in [-0.39, 0.29) is 34.8 Å². The zero-order chi connectivity index (χ0) is 19.7. The van der Waals surface area contributed by atoms with E-state index in [4.69, 9.17) is 10.00 Å². The van der Waals surface area contributed by atoms with E-state index in [1.54, 1.807) is 0 Å². The number of amides is 1. The maximum Gasteiger partial charge on any atom is 0.353 e. The molecule has 0 spiro atoms. The van der Waals surface area contributed by atoms with Crippen molar-refractivity contribution in [1.29, 1.82) is 5.26 Å². The molecule has 0 bridgehead atoms. The first-order valence-electron chi connectivity index (χ1n) is 8.02. The number of hydrogen-bond donors (Lipinski definition) is 2. The average molecular weight is 389 g/mol. The van der Waals surface area contributed by atoms with Crippen LogP contribution >= 0.6 is 11.8 Å². The largest absolute Gasteiger partial charge is 0.477 e. The van der Waals surface area contributed by atoms with Crippen molar-refractivity contribution in [3.63, 3.8) is 0 Å². The Labute approximate surface area is 158 Å². The standard InChI is InChI=1S/C17H15N3O6S/c1-8(21)11-14(22)20-12(16(23)24)13(27-15(11)20)10-7-19-5-3-9(10)17(25)26-6-2-4-18/h3,5,7-8,11,15,21H,2,6H2,1H3,(H,23,24)/t8-,11+,15-/m1/s1. The molecule has 2 aliphatic rings. The summed E-state index contributed by atoms with van der Waals surface area (Å²) < 4.78 is 5.03. The minimum Gasteiger partial charge on any atom is -0.477 e. The number of aromatic nitrogens is 1. The Morgan fingerprint density at radius 2 is 2.26 bits per heavy atom. The third kappa shape index (κ3) is 3.15. The fourth-order valence-corrected chi connectivity index (χ4v) is 4.63. The van der Waals surface area contributed by atoms with E-state index >= 15 is 0 Å². The lowest BCUT2D eigenvalue weighted by atomic mass is 9.92. The zero-order valence-electron chi connectivity index (χ0n) is 14.2. The molecule has 3 atom stereocenters. The molecule has 1 amide bonds. The third-order valence-corrected chi connectivity index (χ3v) is 5.63. The summed E-state index contributed by atoms with van der Waals surface area (Å²) in [7, 11) is 0. The van der Waals surface area contributed by atoms with Crippen LogP contribution in [0.5, 0.6) is 0 Å². The number of nitrogens with zero attached hydrogens (tertiary/aromatic N) is 3. The molecular formula is C17H15N3O6S. The van der Waals surface area contributed by atoms with Crippen LogP contribution in [0.1, 0.15) is 29.3 Å². The SMILES string of the molecule is C[C@@H](O)[C@H]1C(=O)N2C(C(=O)O)=C(c3cnccc3C(=O)OCCC#N)S[C@H]12. The molecule has 1 fully saturated rings. The van der Waals surface area contributed by atoms with E-state index < -0.39 is 35.2 Å². The number of carbonyl (C=O) groups excluding carboxylic acids is 2. The van der Waals surface area contributed by atoms with Gasteiger partial charge in [0.05, 0.1) is 35.0 Å². The molecule has 0 radical (unpaired) electrons. The van der Waals surface area contributed by atoms with Crippen molar-refractivity contribution < 1.29 is 29.3 Å². The molecule has 1 saturated heterocycles. The molecule has 1 aromatic heterocycles. The van der Waals surface area contributed by atoms with Crippen LogP contribution in [0.2, 0.25) is 0 Å². The van der Waals surface area contributed by atoms with Gasteiger partial charge in [-0.1, -0.05) is 11.8 Å². The van der Waals surface area contributed by atoms with Crippen molar-refractivity contribution in [2.24, 2.45) is 5.92 Å². The molecule has 0 unspecified atom stereocenters. The lowest BCUT2D eigenvalue weighted by Crippen LogP contribution is -2.60. The van der Waals surface area contributed by atoms with Crippen LogP contribution in [0.3, 0.4) is 0 Å². The van der Waals surface area contributed by atoms with Gasteiger partial charge in [0.15, 0.2) is 0 Å². The van der Waals surface area contributed by atoms with Crippen LogP contribution in [0, 0.1) is 17.2 Å². The number of rotatable bonds is 6. The van der Waals surface area contributed by atoms with Crippen molar-refractivity contribution >= 4 is 34.5 Å². The van der Waals surface area contributed by atoms with Crippen molar-refractivity contribution in [2.45, 2.75) is 24.8 Å². The number of aliphatic hydroxyl groups excluding tert-OH is 1. The summed E-state index contributed by atoms with van der Waals surface area (Å²) >= 11 is 1.09. The van der Waals surface area contributed by atoms with Crippen LogP contribution in [0.4, 0.5) is 0 Å². The van der Waals surface area contributed by atoms with Crippen LogP contribution in [-0.4, -0.2) is 56.0 Å². The summed E-state index contributed by atoms with van der Waals surface area (Å²) in [6.07, 6.45) is 1.80. The zero-order valence-corrected chi connectivity index (χ0v) is 15.0. The van der Waals surface area contributed by atoms with E-state index in [9.17, 15) is 24.6 Å². The Bertz CT molecular complexity index is 891. The highest BCUT2D eigenvalue weighted by atomic mass is 32.2. The summed E-state index contributed by atoms with van der Waals surface area (Å²) in [4.78, 5) is 41.7. The second-order valence-corrected chi connectivity index (χ2v) is 7.06. The third-order valence-electron chi connectivity index (χ3n) is 4.23. The highest BCUT2D eigenvalue weighted by Gasteiger charge is 2.58. The number of hydrogen-bond acceptors (Lipinski definition) is 8. The summed E-state index contributed by atoms with van der Waals surface area (Å²) in [6.45, 7) is 1.38. The highest BCUT2D eigenvalue weighted by Crippen LogP contribution is 2.54. The number of thioether (sulfide) groups is 1. The fraction of sp³-hybridized carbons (Fsp3) is 0.353. The van der Waals surface area contributed by atoms with Gasteiger partial charge in [-0.3, -0.25) is 14.7 Å². The number of carboxylic acids is 1. The van der Waals surface area contributed by atoms with Gasteiger partial charge in [-0.15, -0.1) is 0 Å². The predicted molar refractivity (Wildman–Crippen MR) is 92.7 cm³/mol. The number of pyridine rings is 1. The van der Waals surface area contributed by atoms with Crippen LogP contribution in [-0.2, 0) is 14.3 Å². The first-order chi connectivity index (χ1) is 12.9. The Kier molecular flexibility index (Phi) is 5.16. The molecule has 3 heterocycles. The molecule has 10 heteroatoms. The summed E-state index contributed by atoms with van der Waals surface area (Å²) in [5.41, 5.74) is 0.0760. The first kappa shape index (κ1) is 18.9. The van der Waals surface area contributed by atoms with Crippen LogP contribution in [0.25, 0.3) is 4.91 Å². The van der Waals surface area contributed by atoms with Crippen molar-refractivity contribution in [3.8, 4) is 6.07 Å². The van der Waals surface area contributed by atoms with E-state index in [1.807, 2.05) is 6.07 Å². The average Bonchev–Trinajstić information content (AvgIpc) is 2.96. The van der Waals surface area contributed by atoms with Gasteiger partial charge in [0.2, 0.25) is 5.91 Å². The van der Waals surface area contributed by atoms with E-state index in [2.05, 4.69) is 4.98 Å². The topological polar surface area (TPSA) is 141 Å². The van der Waals surface area contributed by atoms with Gasteiger partial charge in [-0.05, 0) is 13.0 Å².